The lowest BCUT2D eigenvalue weighted by Gasteiger charge is -2.20. The van der Waals surface area contributed by atoms with E-state index in [0.29, 0.717) is 24.6 Å². The summed E-state index contributed by atoms with van der Waals surface area (Å²) in [6.07, 6.45) is 4.76. The predicted molar refractivity (Wildman–Crippen MR) is 116 cm³/mol. The Morgan fingerprint density at radius 1 is 1.20 bits per heavy atom. The zero-order valence-corrected chi connectivity index (χ0v) is 17.6. The molecule has 7 heteroatoms. The first kappa shape index (κ1) is 21.7. The summed E-state index contributed by atoms with van der Waals surface area (Å²) < 4.78 is 25.4. The highest BCUT2D eigenvalue weighted by molar-refractivity contribution is 5.79. The van der Waals surface area contributed by atoms with E-state index in [1.807, 2.05) is 25.1 Å². The molecule has 0 aliphatic heterocycles. The number of aliphatic imine (C=N–C) groups is 1. The fraction of sp³-hybridized carbons (Fsp3) is 0.435. The van der Waals surface area contributed by atoms with Crippen LogP contribution in [0, 0.1) is 5.82 Å². The van der Waals surface area contributed by atoms with Crippen molar-refractivity contribution in [3.05, 3.63) is 53.3 Å². The third-order valence-corrected chi connectivity index (χ3v) is 5.09. The van der Waals surface area contributed by atoms with Crippen LogP contribution in [0.3, 0.4) is 0 Å². The van der Waals surface area contributed by atoms with Gasteiger partial charge >= 0.3 is 0 Å². The summed E-state index contributed by atoms with van der Waals surface area (Å²) in [6.45, 7) is 3.47. The first-order chi connectivity index (χ1) is 14.6. The Bertz CT molecular complexity index is 867. The maximum absolute atomic E-state index is 13.5. The van der Waals surface area contributed by atoms with E-state index in [0.717, 1.165) is 29.9 Å². The normalized spacial score (nSPS) is 14.6. The predicted octanol–water partition coefficient (Wildman–Crippen LogP) is 4.12. The summed E-state index contributed by atoms with van der Waals surface area (Å²) in [4.78, 5) is 4.52. The molecule has 2 aromatic rings. The third kappa shape index (κ3) is 5.78. The van der Waals surface area contributed by atoms with Crippen molar-refractivity contribution in [2.45, 2.75) is 51.8 Å². The van der Waals surface area contributed by atoms with Gasteiger partial charge in [0.15, 0.2) is 29.0 Å². The lowest BCUT2D eigenvalue weighted by Crippen LogP contribution is -2.37. The number of nitrogens with zero attached hydrogens (tertiary/aromatic N) is 1. The smallest absolute Gasteiger partial charge is 0.191 e. The second-order valence-corrected chi connectivity index (χ2v) is 7.31. The Balaban J connectivity index is 1.71. The van der Waals surface area contributed by atoms with Gasteiger partial charge in [-0.25, -0.2) is 9.38 Å². The average molecular weight is 416 g/mol. The Morgan fingerprint density at radius 2 is 2.00 bits per heavy atom. The Labute approximate surface area is 177 Å². The molecule has 1 aliphatic rings. The van der Waals surface area contributed by atoms with Gasteiger partial charge in [-0.05, 0) is 56.4 Å². The van der Waals surface area contributed by atoms with E-state index in [9.17, 15) is 9.50 Å². The molecule has 1 aliphatic carbocycles. The van der Waals surface area contributed by atoms with Gasteiger partial charge in [0.25, 0.3) is 0 Å². The molecule has 0 spiro atoms. The molecule has 30 heavy (non-hydrogen) atoms. The third-order valence-electron chi connectivity index (χ3n) is 5.09. The number of ether oxygens (including phenoxy) is 2. The lowest BCUT2D eigenvalue weighted by molar-refractivity contribution is 0.198. The topological polar surface area (TPSA) is 75.1 Å². The highest BCUT2D eigenvalue weighted by atomic mass is 19.1. The van der Waals surface area contributed by atoms with Crippen LogP contribution in [0.25, 0.3) is 0 Å². The number of hydrogen-bond donors (Lipinski definition) is 3. The van der Waals surface area contributed by atoms with Crippen molar-refractivity contribution >= 4 is 5.96 Å². The molecule has 0 bridgehead atoms. The summed E-state index contributed by atoms with van der Waals surface area (Å²) in [7, 11) is 1.65. The van der Waals surface area contributed by atoms with Crippen LogP contribution < -0.4 is 20.1 Å². The van der Waals surface area contributed by atoms with Gasteiger partial charge in [0, 0.05) is 18.7 Å². The molecule has 0 aromatic heterocycles. The molecule has 0 amide bonds. The van der Waals surface area contributed by atoms with Crippen molar-refractivity contribution in [1.82, 2.24) is 10.6 Å². The average Bonchev–Trinajstić information content (AvgIpc) is 3.26. The van der Waals surface area contributed by atoms with Gasteiger partial charge in [-0.15, -0.1) is 0 Å². The van der Waals surface area contributed by atoms with Crippen molar-refractivity contribution in [2.75, 3.05) is 13.7 Å². The fourth-order valence-electron chi connectivity index (χ4n) is 3.51. The number of methoxy groups -OCH3 is 1. The van der Waals surface area contributed by atoms with Gasteiger partial charge in [-0.3, -0.25) is 0 Å². The molecule has 6 nitrogen and oxygen atoms in total. The van der Waals surface area contributed by atoms with Gasteiger partial charge in [0.1, 0.15) is 0 Å². The minimum atomic E-state index is -0.647. The maximum atomic E-state index is 13.5. The number of guanidine groups is 1. The van der Waals surface area contributed by atoms with E-state index >= 15 is 0 Å². The largest absolute Gasteiger partial charge is 0.505 e. The van der Waals surface area contributed by atoms with E-state index in [1.165, 1.54) is 25.0 Å². The number of benzene rings is 2. The number of halogens is 1. The van der Waals surface area contributed by atoms with Crippen molar-refractivity contribution in [3.63, 3.8) is 0 Å². The molecule has 1 fully saturated rings. The van der Waals surface area contributed by atoms with Crippen LogP contribution in [-0.4, -0.2) is 30.8 Å². The number of rotatable bonds is 8. The fourth-order valence-corrected chi connectivity index (χ4v) is 3.51. The Kier molecular flexibility index (Phi) is 7.76. The van der Waals surface area contributed by atoms with Crippen molar-refractivity contribution in [1.29, 1.82) is 0 Å². The standard InChI is InChI=1S/C23H30FN3O3/c1-3-25-23(26-14-16-11-12-20(28)19(24)13-16)27-15-17-7-6-10-21(29-2)22(17)30-18-8-4-5-9-18/h6-7,10-13,18,28H,3-5,8-9,14-15H2,1-2H3,(H2,25,26,27). The molecule has 0 saturated heterocycles. The van der Waals surface area contributed by atoms with Crippen LogP contribution in [0.4, 0.5) is 4.39 Å². The molecular formula is C23H30FN3O3. The van der Waals surface area contributed by atoms with Crippen LogP contribution in [0.5, 0.6) is 17.2 Å². The van der Waals surface area contributed by atoms with Crippen LogP contribution in [0.2, 0.25) is 0 Å². The second kappa shape index (κ2) is 10.7. The Hall–Kier alpha value is -2.96. The molecule has 3 rings (SSSR count). The van der Waals surface area contributed by atoms with Crippen LogP contribution in [-0.2, 0) is 13.1 Å². The summed E-state index contributed by atoms with van der Waals surface area (Å²) >= 11 is 0. The van der Waals surface area contributed by atoms with E-state index in [1.54, 1.807) is 13.2 Å². The van der Waals surface area contributed by atoms with Crippen LogP contribution >= 0.6 is 0 Å². The summed E-state index contributed by atoms with van der Waals surface area (Å²) in [5, 5.41) is 15.8. The molecule has 1 saturated carbocycles. The zero-order chi connectivity index (χ0) is 21.3. The van der Waals surface area contributed by atoms with Gasteiger partial charge in [0.05, 0.1) is 19.8 Å². The van der Waals surface area contributed by atoms with Crippen molar-refractivity contribution in [3.8, 4) is 17.2 Å². The number of phenols is 1. The van der Waals surface area contributed by atoms with Crippen LogP contribution in [0.15, 0.2) is 41.4 Å². The van der Waals surface area contributed by atoms with Gasteiger partial charge < -0.3 is 25.2 Å². The molecule has 0 heterocycles. The maximum Gasteiger partial charge on any atom is 0.191 e. The lowest BCUT2D eigenvalue weighted by atomic mass is 10.1. The molecule has 3 N–H and O–H groups in total. The number of para-hydroxylation sites is 1. The molecule has 2 aromatic carbocycles. The quantitative estimate of drug-likeness (QED) is 0.447. The molecule has 162 valence electrons. The van der Waals surface area contributed by atoms with Crippen molar-refractivity contribution < 1.29 is 19.0 Å². The molecule has 0 atom stereocenters. The zero-order valence-electron chi connectivity index (χ0n) is 17.6. The van der Waals surface area contributed by atoms with E-state index < -0.39 is 5.82 Å². The summed E-state index contributed by atoms with van der Waals surface area (Å²) in [6, 6.07) is 10.1. The van der Waals surface area contributed by atoms with Crippen molar-refractivity contribution in [2.24, 2.45) is 4.99 Å². The van der Waals surface area contributed by atoms with E-state index in [4.69, 9.17) is 9.47 Å². The summed E-state index contributed by atoms with van der Waals surface area (Å²) in [5.41, 5.74) is 1.66. The van der Waals surface area contributed by atoms with E-state index in [-0.39, 0.29) is 18.4 Å². The SMILES string of the molecule is CCNC(=NCc1ccc(O)c(F)c1)NCc1cccc(OC)c1OC1CCCC1. The first-order valence-corrected chi connectivity index (χ1v) is 10.4. The monoisotopic (exact) mass is 415 g/mol. The number of phenolic OH excluding ortho intramolecular Hbond substituents is 1. The molecule has 0 radical (unpaired) electrons. The van der Waals surface area contributed by atoms with Gasteiger partial charge in [-0.1, -0.05) is 18.2 Å². The number of hydrogen-bond acceptors (Lipinski definition) is 4. The summed E-state index contributed by atoms with van der Waals surface area (Å²) in [5.74, 6) is 1.10. The van der Waals surface area contributed by atoms with Crippen LogP contribution in [0.1, 0.15) is 43.7 Å². The minimum Gasteiger partial charge on any atom is -0.505 e. The minimum absolute atomic E-state index is 0.228. The number of aromatic hydroxyl groups is 1. The highest BCUT2D eigenvalue weighted by Crippen LogP contribution is 2.34. The van der Waals surface area contributed by atoms with E-state index in [2.05, 4.69) is 15.6 Å². The molecular weight excluding hydrogens is 385 g/mol. The van der Waals surface area contributed by atoms with Gasteiger partial charge in [-0.2, -0.15) is 0 Å². The van der Waals surface area contributed by atoms with Gasteiger partial charge in [0.2, 0.25) is 0 Å². The first-order valence-electron chi connectivity index (χ1n) is 10.4. The highest BCUT2D eigenvalue weighted by Gasteiger charge is 2.20. The number of nitrogens with one attached hydrogen (secondary N) is 2. The Morgan fingerprint density at radius 3 is 2.70 bits per heavy atom. The second-order valence-electron chi connectivity index (χ2n) is 7.31. The molecule has 0 unspecified atom stereocenters.